The number of ether oxygens (including phenoxy) is 3. The number of hydrogen-bond donors (Lipinski definition) is 0. The summed E-state index contributed by atoms with van der Waals surface area (Å²) in [4.78, 5) is 14.1. The summed E-state index contributed by atoms with van der Waals surface area (Å²) in [7, 11) is 3.32. The number of hydrogen-bond acceptors (Lipinski definition) is 4. The van der Waals surface area contributed by atoms with Gasteiger partial charge in [-0.15, -0.1) is 0 Å². The molecule has 3 rings (SSSR count). The van der Waals surface area contributed by atoms with E-state index in [1.807, 2.05) is 42.5 Å². The Labute approximate surface area is 129 Å². The fourth-order valence-electron chi connectivity index (χ4n) is 2.29. The van der Waals surface area contributed by atoms with Crippen molar-refractivity contribution in [1.82, 2.24) is 0 Å². The van der Waals surface area contributed by atoms with E-state index < -0.39 is 6.10 Å². The summed E-state index contributed by atoms with van der Waals surface area (Å²) in [5, 5.41) is 0. The van der Waals surface area contributed by atoms with Crippen molar-refractivity contribution in [1.29, 1.82) is 0 Å². The largest absolute Gasteiger partial charge is 0.497 e. The van der Waals surface area contributed by atoms with Gasteiger partial charge < -0.3 is 19.1 Å². The van der Waals surface area contributed by atoms with Gasteiger partial charge in [-0.25, -0.2) is 0 Å². The maximum Gasteiger partial charge on any atom is 0.271 e. The molecule has 0 saturated carbocycles. The first-order chi connectivity index (χ1) is 10.7. The summed E-state index contributed by atoms with van der Waals surface area (Å²) in [6, 6.07) is 14.6. The van der Waals surface area contributed by atoms with Crippen molar-refractivity contribution in [2.45, 2.75) is 6.10 Å². The van der Waals surface area contributed by atoms with Gasteiger partial charge in [-0.2, -0.15) is 0 Å². The zero-order valence-electron chi connectivity index (χ0n) is 12.5. The van der Waals surface area contributed by atoms with E-state index in [2.05, 4.69) is 0 Å². The second kappa shape index (κ2) is 5.97. The zero-order valence-corrected chi connectivity index (χ0v) is 12.5. The summed E-state index contributed by atoms with van der Waals surface area (Å²) < 4.78 is 16.4. The number of para-hydroxylation sites is 2. The van der Waals surface area contributed by atoms with Gasteiger partial charge in [0.05, 0.1) is 7.11 Å². The third kappa shape index (κ3) is 2.70. The summed E-state index contributed by atoms with van der Waals surface area (Å²) >= 11 is 0. The Hall–Kier alpha value is -2.69. The highest BCUT2D eigenvalue weighted by Gasteiger charge is 2.30. The molecule has 0 N–H and O–H groups in total. The van der Waals surface area contributed by atoms with Crippen LogP contribution in [0.5, 0.6) is 17.2 Å². The van der Waals surface area contributed by atoms with Gasteiger partial charge in [0.25, 0.3) is 5.91 Å². The predicted octanol–water partition coefficient (Wildman–Crippen LogP) is 2.50. The molecule has 1 aliphatic rings. The molecule has 5 heteroatoms. The summed E-state index contributed by atoms with van der Waals surface area (Å²) in [6.45, 7) is 0.205. The van der Waals surface area contributed by atoms with Crippen LogP contribution in [0.25, 0.3) is 0 Å². The zero-order chi connectivity index (χ0) is 15.5. The molecule has 2 aromatic rings. The second-order valence-corrected chi connectivity index (χ2v) is 4.96. The lowest BCUT2D eigenvalue weighted by molar-refractivity contribution is -0.127. The van der Waals surface area contributed by atoms with Gasteiger partial charge in [-0.1, -0.05) is 12.1 Å². The Morgan fingerprint density at radius 2 is 1.82 bits per heavy atom. The lowest BCUT2D eigenvalue weighted by Gasteiger charge is -2.28. The molecule has 0 aromatic heterocycles. The molecular weight excluding hydrogens is 282 g/mol. The van der Waals surface area contributed by atoms with Crippen LogP contribution in [0, 0.1) is 0 Å². The molecule has 0 aliphatic carbocycles. The van der Waals surface area contributed by atoms with Gasteiger partial charge >= 0.3 is 0 Å². The SMILES string of the molecule is COc1ccc(N(C)C(=O)C2COc3ccccc3O2)cc1. The second-order valence-electron chi connectivity index (χ2n) is 4.96. The van der Waals surface area contributed by atoms with Crippen molar-refractivity contribution in [2.75, 3.05) is 25.7 Å². The van der Waals surface area contributed by atoms with Crippen LogP contribution in [-0.2, 0) is 4.79 Å². The van der Waals surface area contributed by atoms with E-state index in [4.69, 9.17) is 14.2 Å². The number of nitrogens with zero attached hydrogens (tertiary/aromatic N) is 1. The van der Waals surface area contributed by atoms with Crippen LogP contribution in [-0.4, -0.2) is 32.8 Å². The highest BCUT2D eigenvalue weighted by atomic mass is 16.6. The number of rotatable bonds is 3. The van der Waals surface area contributed by atoms with Crippen LogP contribution in [0.15, 0.2) is 48.5 Å². The van der Waals surface area contributed by atoms with Crippen molar-refractivity contribution in [3.63, 3.8) is 0 Å². The van der Waals surface area contributed by atoms with Crippen LogP contribution >= 0.6 is 0 Å². The quantitative estimate of drug-likeness (QED) is 0.873. The molecule has 0 bridgehead atoms. The maximum atomic E-state index is 12.6. The average Bonchev–Trinajstić information content (AvgIpc) is 2.60. The lowest BCUT2D eigenvalue weighted by Crippen LogP contribution is -2.45. The molecule has 22 heavy (non-hydrogen) atoms. The van der Waals surface area contributed by atoms with Crippen molar-refractivity contribution in [2.24, 2.45) is 0 Å². The number of carbonyl (C=O) groups excluding carboxylic acids is 1. The van der Waals surface area contributed by atoms with Gasteiger partial charge in [0.2, 0.25) is 6.10 Å². The first kappa shape index (κ1) is 14.3. The molecule has 114 valence electrons. The monoisotopic (exact) mass is 299 g/mol. The highest BCUT2D eigenvalue weighted by Crippen LogP contribution is 2.31. The van der Waals surface area contributed by atoms with Gasteiger partial charge in [-0.3, -0.25) is 4.79 Å². The Morgan fingerprint density at radius 1 is 1.14 bits per heavy atom. The number of likely N-dealkylation sites (N-methyl/N-ethyl adjacent to an activating group) is 1. The van der Waals surface area contributed by atoms with Gasteiger partial charge in [-0.05, 0) is 36.4 Å². The number of amides is 1. The van der Waals surface area contributed by atoms with E-state index in [0.717, 1.165) is 11.4 Å². The normalized spacial score (nSPS) is 16.0. The van der Waals surface area contributed by atoms with Crippen molar-refractivity contribution in [3.8, 4) is 17.2 Å². The standard InChI is InChI=1S/C17H17NO4/c1-18(12-7-9-13(20-2)10-8-12)17(19)16-11-21-14-5-3-4-6-15(14)22-16/h3-10,16H,11H2,1-2H3. The van der Waals surface area contributed by atoms with Crippen LogP contribution in [0.2, 0.25) is 0 Å². The third-order valence-electron chi connectivity index (χ3n) is 3.57. The number of fused-ring (bicyclic) bond motifs is 1. The average molecular weight is 299 g/mol. The molecule has 0 spiro atoms. The summed E-state index contributed by atoms with van der Waals surface area (Å²) in [6.07, 6.45) is -0.651. The Bertz CT molecular complexity index is 669. The highest BCUT2D eigenvalue weighted by molar-refractivity contribution is 5.96. The minimum absolute atomic E-state index is 0.153. The van der Waals surface area contributed by atoms with Gasteiger partial charge in [0.1, 0.15) is 12.4 Å². The summed E-state index contributed by atoms with van der Waals surface area (Å²) in [5.41, 5.74) is 0.772. The molecule has 1 heterocycles. The number of methoxy groups -OCH3 is 1. The molecule has 0 saturated heterocycles. The molecule has 0 fully saturated rings. The first-order valence-electron chi connectivity index (χ1n) is 6.99. The molecule has 1 atom stereocenters. The van der Waals surface area contributed by atoms with Crippen LogP contribution in [0.4, 0.5) is 5.69 Å². The predicted molar refractivity (Wildman–Crippen MR) is 82.8 cm³/mol. The van der Waals surface area contributed by atoms with Gasteiger partial charge in [0.15, 0.2) is 11.5 Å². The Morgan fingerprint density at radius 3 is 2.50 bits per heavy atom. The minimum atomic E-state index is -0.651. The van der Waals surface area contributed by atoms with Crippen LogP contribution in [0.3, 0.4) is 0 Å². The van der Waals surface area contributed by atoms with E-state index >= 15 is 0 Å². The number of carbonyl (C=O) groups is 1. The molecule has 5 nitrogen and oxygen atoms in total. The van der Waals surface area contributed by atoms with E-state index in [-0.39, 0.29) is 12.5 Å². The minimum Gasteiger partial charge on any atom is -0.497 e. The molecule has 0 radical (unpaired) electrons. The van der Waals surface area contributed by atoms with Crippen molar-refractivity contribution >= 4 is 11.6 Å². The van der Waals surface area contributed by atoms with E-state index in [0.29, 0.717) is 11.5 Å². The fraction of sp³-hybridized carbons (Fsp3) is 0.235. The molecule has 1 amide bonds. The van der Waals surface area contributed by atoms with Crippen LogP contribution < -0.4 is 19.1 Å². The molecule has 1 unspecified atom stereocenters. The van der Waals surface area contributed by atoms with E-state index in [1.165, 1.54) is 0 Å². The molecule has 2 aromatic carbocycles. The number of anilines is 1. The van der Waals surface area contributed by atoms with E-state index in [9.17, 15) is 4.79 Å². The Balaban J connectivity index is 1.73. The first-order valence-corrected chi connectivity index (χ1v) is 6.99. The third-order valence-corrected chi connectivity index (χ3v) is 3.57. The topological polar surface area (TPSA) is 48.0 Å². The number of benzene rings is 2. The summed E-state index contributed by atoms with van der Waals surface area (Å²) in [5.74, 6) is 1.85. The Kier molecular flexibility index (Phi) is 3.87. The maximum absolute atomic E-state index is 12.6. The molecular formula is C17H17NO4. The van der Waals surface area contributed by atoms with Gasteiger partial charge in [0, 0.05) is 12.7 Å². The smallest absolute Gasteiger partial charge is 0.271 e. The lowest BCUT2D eigenvalue weighted by atomic mass is 10.2. The van der Waals surface area contributed by atoms with Crippen molar-refractivity contribution < 1.29 is 19.0 Å². The van der Waals surface area contributed by atoms with Crippen LogP contribution in [0.1, 0.15) is 0 Å². The fourth-order valence-corrected chi connectivity index (χ4v) is 2.29. The molecule has 1 aliphatic heterocycles. The van der Waals surface area contributed by atoms with Crippen molar-refractivity contribution in [3.05, 3.63) is 48.5 Å². The van der Waals surface area contributed by atoms with E-state index in [1.54, 1.807) is 25.1 Å².